The van der Waals surface area contributed by atoms with Gasteiger partial charge >= 0.3 is 0 Å². The SMILES string of the molecule is Cc1ccc(C(=O)NCC(=O)N2CCN(Cc3ccc(Cl)cc3)CC2)s1. The first kappa shape index (κ1) is 18.9. The molecule has 26 heavy (non-hydrogen) atoms. The van der Waals surface area contributed by atoms with Crippen LogP contribution in [0, 0.1) is 6.92 Å². The number of hydrogen-bond donors (Lipinski definition) is 1. The average Bonchev–Trinajstić information content (AvgIpc) is 3.08. The van der Waals surface area contributed by atoms with Gasteiger partial charge in [0.1, 0.15) is 0 Å². The molecule has 2 aromatic rings. The predicted octanol–water partition coefficient (Wildman–Crippen LogP) is 2.78. The summed E-state index contributed by atoms with van der Waals surface area (Å²) in [6, 6.07) is 11.5. The van der Waals surface area contributed by atoms with Crippen molar-refractivity contribution >= 4 is 34.8 Å². The molecule has 138 valence electrons. The number of benzene rings is 1. The summed E-state index contributed by atoms with van der Waals surface area (Å²) < 4.78 is 0. The number of nitrogens with zero attached hydrogens (tertiary/aromatic N) is 2. The highest BCUT2D eigenvalue weighted by atomic mass is 35.5. The Labute approximate surface area is 162 Å². The second-order valence-corrected chi connectivity index (χ2v) is 8.10. The van der Waals surface area contributed by atoms with Crippen molar-refractivity contribution in [3.8, 4) is 0 Å². The third kappa shape index (κ3) is 5.06. The molecule has 0 atom stereocenters. The van der Waals surface area contributed by atoms with Gasteiger partial charge in [0.25, 0.3) is 5.91 Å². The van der Waals surface area contributed by atoms with Gasteiger partial charge in [-0.1, -0.05) is 23.7 Å². The number of carbonyl (C=O) groups excluding carboxylic acids is 2. The van der Waals surface area contributed by atoms with Gasteiger partial charge < -0.3 is 10.2 Å². The summed E-state index contributed by atoms with van der Waals surface area (Å²) in [5, 5.41) is 3.46. The Hall–Kier alpha value is -1.89. The number of aryl methyl sites for hydroxylation is 1. The fraction of sp³-hybridized carbons (Fsp3) is 0.368. The summed E-state index contributed by atoms with van der Waals surface area (Å²) in [6.45, 7) is 5.87. The highest BCUT2D eigenvalue weighted by Gasteiger charge is 2.21. The van der Waals surface area contributed by atoms with E-state index in [1.54, 1.807) is 6.07 Å². The van der Waals surface area contributed by atoms with Gasteiger partial charge in [-0.15, -0.1) is 11.3 Å². The molecule has 2 amide bonds. The first-order chi connectivity index (χ1) is 12.5. The first-order valence-corrected chi connectivity index (χ1v) is 9.80. The van der Waals surface area contributed by atoms with Crippen LogP contribution in [-0.2, 0) is 11.3 Å². The highest BCUT2D eigenvalue weighted by Crippen LogP contribution is 2.15. The molecule has 0 aliphatic carbocycles. The number of nitrogens with one attached hydrogen (secondary N) is 1. The lowest BCUT2D eigenvalue weighted by atomic mass is 10.2. The fourth-order valence-corrected chi connectivity index (χ4v) is 3.82. The van der Waals surface area contributed by atoms with Gasteiger partial charge in [-0.25, -0.2) is 0 Å². The molecule has 0 radical (unpaired) electrons. The van der Waals surface area contributed by atoms with Crippen LogP contribution in [0.1, 0.15) is 20.1 Å². The minimum Gasteiger partial charge on any atom is -0.342 e. The maximum absolute atomic E-state index is 12.3. The van der Waals surface area contributed by atoms with E-state index >= 15 is 0 Å². The largest absolute Gasteiger partial charge is 0.342 e. The van der Waals surface area contributed by atoms with Crippen LogP contribution in [0.4, 0.5) is 0 Å². The number of carbonyl (C=O) groups is 2. The summed E-state index contributed by atoms with van der Waals surface area (Å²) in [4.78, 5) is 30.2. The van der Waals surface area contributed by atoms with Crippen molar-refractivity contribution in [2.75, 3.05) is 32.7 Å². The zero-order chi connectivity index (χ0) is 18.5. The molecule has 1 fully saturated rings. The van der Waals surface area contributed by atoms with Crippen molar-refractivity contribution in [1.82, 2.24) is 15.1 Å². The standard InChI is InChI=1S/C19H22ClN3O2S/c1-14-2-7-17(26-14)19(25)21-12-18(24)23-10-8-22(9-11-23)13-15-3-5-16(20)6-4-15/h2-7H,8-13H2,1H3,(H,21,25). The summed E-state index contributed by atoms with van der Waals surface area (Å²) in [5.41, 5.74) is 1.22. The maximum Gasteiger partial charge on any atom is 0.261 e. The molecule has 1 aromatic carbocycles. The molecule has 7 heteroatoms. The van der Waals surface area contributed by atoms with E-state index in [2.05, 4.69) is 10.2 Å². The molecule has 5 nitrogen and oxygen atoms in total. The highest BCUT2D eigenvalue weighted by molar-refractivity contribution is 7.13. The summed E-state index contributed by atoms with van der Waals surface area (Å²) in [5.74, 6) is -0.212. The molecule has 3 rings (SSSR count). The minimum atomic E-state index is -0.183. The van der Waals surface area contributed by atoms with Gasteiger partial charge in [0.05, 0.1) is 11.4 Å². The third-order valence-corrected chi connectivity index (χ3v) is 5.66. The number of amides is 2. The van der Waals surface area contributed by atoms with Crippen molar-refractivity contribution in [1.29, 1.82) is 0 Å². The number of hydrogen-bond acceptors (Lipinski definition) is 4. The van der Waals surface area contributed by atoms with E-state index in [1.807, 2.05) is 42.2 Å². The molecule has 1 aliphatic rings. The lowest BCUT2D eigenvalue weighted by Crippen LogP contribution is -2.50. The fourth-order valence-electron chi connectivity index (χ4n) is 2.91. The summed E-state index contributed by atoms with van der Waals surface area (Å²) >= 11 is 7.35. The summed E-state index contributed by atoms with van der Waals surface area (Å²) in [6.07, 6.45) is 0. The minimum absolute atomic E-state index is 0.0298. The predicted molar refractivity (Wildman–Crippen MR) is 105 cm³/mol. The Morgan fingerprint density at radius 3 is 2.38 bits per heavy atom. The van der Waals surface area contributed by atoms with Crippen molar-refractivity contribution in [3.63, 3.8) is 0 Å². The van der Waals surface area contributed by atoms with E-state index in [0.29, 0.717) is 18.0 Å². The Kier molecular flexibility index (Phi) is 6.29. The van der Waals surface area contributed by atoms with Crippen LogP contribution in [0.5, 0.6) is 0 Å². The van der Waals surface area contributed by atoms with Crippen LogP contribution in [0.15, 0.2) is 36.4 Å². The molecule has 2 heterocycles. The smallest absolute Gasteiger partial charge is 0.261 e. The lowest BCUT2D eigenvalue weighted by molar-refractivity contribution is -0.131. The van der Waals surface area contributed by atoms with Gasteiger partial charge in [-0.05, 0) is 36.8 Å². The maximum atomic E-state index is 12.3. The van der Waals surface area contributed by atoms with E-state index in [-0.39, 0.29) is 18.4 Å². The topological polar surface area (TPSA) is 52.7 Å². The number of rotatable bonds is 5. The number of halogens is 1. The van der Waals surface area contributed by atoms with Crippen LogP contribution in [0.3, 0.4) is 0 Å². The van der Waals surface area contributed by atoms with Crippen LogP contribution in [-0.4, -0.2) is 54.3 Å². The van der Waals surface area contributed by atoms with Crippen LogP contribution >= 0.6 is 22.9 Å². The van der Waals surface area contributed by atoms with E-state index in [4.69, 9.17) is 11.6 Å². The van der Waals surface area contributed by atoms with Crippen LogP contribution < -0.4 is 5.32 Å². The van der Waals surface area contributed by atoms with Crippen molar-refractivity contribution in [2.45, 2.75) is 13.5 Å². The number of piperazine rings is 1. The molecule has 1 saturated heterocycles. The van der Waals surface area contributed by atoms with Gasteiger partial charge in [0.2, 0.25) is 5.91 Å². The van der Waals surface area contributed by atoms with Gasteiger partial charge in [0.15, 0.2) is 0 Å². The second-order valence-electron chi connectivity index (χ2n) is 6.38. The summed E-state index contributed by atoms with van der Waals surface area (Å²) in [7, 11) is 0. The van der Waals surface area contributed by atoms with Gasteiger partial charge in [-0.3, -0.25) is 14.5 Å². The quantitative estimate of drug-likeness (QED) is 0.852. The average molecular weight is 392 g/mol. The van der Waals surface area contributed by atoms with E-state index in [1.165, 1.54) is 16.9 Å². The molecule has 1 aromatic heterocycles. The van der Waals surface area contributed by atoms with Crippen molar-refractivity contribution in [3.05, 3.63) is 56.7 Å². The molecule has 0 spiro atoms. The molecule has 1 N–H and O–H groups in total. The Balaban J connectivity index is 1.41. The third-order valence-electron chi connectivity index (χ3n) is 4.41. The van der Waals surface area contributed by atoms with Crippen LogP contribution in [0.25, 0.3) is 0 Å². The second kappa shape index (κ2) is 8.66. The first-order valence-electron chi connectivity index (χ1n) is 8.60. The Bertz CT molecular complexity index is 767. The Morgan fingerprint density at radius 1 is 1.08 bits per heavy atom. The molecular formula is C19H22ClN3O2S. The zero-order valence-electron chi connectivity index (χ0n) is 14.7. The zero-order valence-corrected chi connectivity index (χ0v) is 16.3. The van der Waals surface area contributed by atoms with Gasteiger partial charge in [0, 0.05) is 42.6 Å². The lowest BCUT2D eigenvalue weighted by Gasteiger charge is -2.34. The molecule has 1 aliphatic heterocycles. The Morgan fingerprint density at radius 2 is 1.77 bits per heavy atom. The molecule has 0 bridgehead atoms. The van der Waals surface area contributed by atoms with Crippen LogP contribution in [0.2, 0.25) is 5.02 Å². The van der Waals surface area contributed by atoms with E-state index in [0.717, 1.165) is 29.5 Å². The number of thiophene rings is 1. The van der Waals surface area contributed by atoms with Crippen molar-refractivity contribution < 1.29 is 9.59 Å². The van der Waals surface area contributed by atoms with Crippen molar-refractivity contribution in [2.24, 2.45) is 0 Å². The van der Waals surface area contributed by atoms with E-state index in [9.17, 15) is 9.59 Å². The molecular weight excluding hydrogens is 370 g/mol. The molecule has 0 saturated carbocycles. The molecule has 0 unspecified atom stereocenters. The normalized spacial score (nSPS) is 15.1. The van der Waals surface area contributed by atoms with Gasteiger partial charge in [-0.2, -0.15) is 0 Å². The monoisotopic (exact) mass is 391 g/mol. The van der Waals surface area contributed by atoms with E-state index < -0.39 is 0 Å².